The number of hydrogen-bond donors (Lipinski definition) is 3. The van der Waals surface area contributed by atoms with Crippen LogP contribution in [0.4, 0.5) is 5.69 Å². The molecule has 1 aliphatic rings. The number of carbonyl (C=O) groups excluding carboxylic acids is 2. The Bertz CT molecular complexity index is 972. The number of amides is 2. The van der Waals surface area contributed by atoms with Crippen molar-refractivity contribution < 1.29 is 29.3 Å². The summed E-state index contributed by atoms with van der Waals surface area (Å²) in [6, 6.07) is 7.72. The van der Waals surface area contributed by atoms with E-state index in [4.69, 9.17) is 9.84 Å². The van der Waals surface area contributed by atoms with E-state index < -0.39 is 11.9 Å². The molecule has 0 aliphatic carbocycles. The third-order valence-electron chi connectivity index (χ3n) is 4.97. The minimum absolute atomic E-state index is 0.0990. The highest BCUT2D eigenvalue weighted by molar-refractivity contribution is 6.36. The van der Waals surface area contributed by atoms with Crippen molar-refractivity contribution in [2.45, 2.75) is 33.1 Å². The zero-order valence-electron chi connectivity index (χ0n) is 16.9. The van der Waals surface area contributed by atoms with Crippen LogP contribution in [0.1, 0.15) is 40.7 Å². The SMILES string of the molecule is Cc1cc(NC(=O)C(=O)O)cc(C)c1Oc1ccc(O)c(C(=O)N2CCCCC2)c1. The summed E-state index contributed by atoms with van der Waals surface area (Å²) in [7, 11) is 0. The van der Waals surface area contributed by atoms with Gasteiger partial charge in [0.05, 0.1) is 5.56 Å². The molecule has 0 atom stereocenters. The van der Waals surface area contributed by atoms with Gasteiger partial charge in [-0.2, -0.15) is 0 Å². The van der Waals surface area contributed by atoms with Gasteiger partial charge >= 0.3 is 11.9 Å². The van der Waals surface area contributed by atoms with Gasteiger partial charge in [-0.3, -0.25) is 9.59 Å². The second-order valence-corrected chi connectivity index (χ2v) is 7.33. The van der Waals surface area contributed by atoms with E-state index in [9.17, 15) is 19.5 Å². The third kappa shape index (κ3) is 4.71. The predicted molar refractivity (Wildman–Crippen MR) is 110 cm³/mol. The monoisotopic (exact) mass is 412 g/mol. The number of aliphatic carboxylic acids is 1. The first kappa shape index (κ1) is 21.2. The number of aryl methyl sites for hydroxylation is 2. The number of rotatable bonds is 4. The lowest BCUT2D eigenvalue weighted by atomic mass is 10.1. The van der Waals surface area contributed by atoms with Crippen molar-refractivity contribution in [3.8, 4) is 17.2 Å². The molecule has 1 heterocycles. The zero-order valence-corrected chi connectivity index (χ0v) is 16.9. The van der Waals surface area contributed by atoms with E-state index in [1.54, 1.807) is 36.9 Å². The number of carboxylic acid groups (broad SMARTS) is 1. The molecular formula is C22H24N2O6. The molecule has 3 N–H and O–H groups in total. The Morgan fingerprint density at radius 2 is 1.63 bits per heavy atom. The van der Waals surface area contributed by atoms with Gasteiger partial charge in [0.2, 0.25) is 0 Å². The maximum Gasteiger partial charge on any atom is 0.394 e. The molecule has 0 aromatic heterocycles. The normalized spacial score (nSPS) is 13.6. The van der Waals surface area contributed by atoms with Gasteiger partial charge in [0.25, 0.3) is 5.91 Å². The van der Waals surface area contributed by atoms with E-state index in [2.05, 4.69) is 5.32 Å². The number of likely N-dealkylation sites (tertiary alicyclic amines) is 1. The van der Waals surface area contributed by atoms with Crippen LogP contribution in [0.15, 0.2) is 30.3 Å². The Morgan fingerprint density at radius 1 is 1.00 bits per heavy atom. The van der Waals surface area contributed by atoms with Crippen molar-refractivity contribution in [2.24, 2.45) is 0 Å². The van der Waals surface area contributed by atoms with E-state index in [0.717, 1.165) is 19.3 Å². The Balaban J connectivity index is 1.83. The van der Waals surface area contributed by atoms with Crippen LogP contribution in [0.25, 0.3) is 0 Å². The number of phenolic OH excluding ortho intramolecular Hbond substituents is 1. The van der Waals surface area contributed by atoms with E-state index in [-0.39, 0.29) is 17.2 Å². The van der Waals surface area contributed by atoms with Crippen molar-refractivity contribution in [1.82, 2.24) is 4.90 Å². The van der Waals surface area contributed by atoms with E-state index >= 15 is 0 Å². The van der Waals surface area contributed by atoms with Crippen LogP contribution in [0, 0.1) is 13.8 Å². The number of piperidine rings is 1. The number of anilines is 1. The lowest BCUT2D eigenvalue weighted by Crippen LogP contribution is -2.35. The average Bonchev–Trinajstić information content (AvgIpc) is 2.72. The number of phenols is 1. The molecule has 30 heavy (non-hydrogen) atoms. The van der Waals surface area contributed by atoms with E-state index in [1.165, 1.54) is 12.1 Å². The van der Waals surface area contributed by atoms with Crippen molar-refractivity contribution in [3.63, 3.8) is 0 Å². The highest BCUT2D eigenvalue weighted by atomic mass is 16.5. The van der Waals surface area contributed by atoms with Crippen molar-refractivity contribution in [3.05, 3.63) is 47.0 Å². The third-order valence-corrected chi connectivity index (χ3v) is 4.97. The Hall–Kier alpha value is -3.55. The van der Waals surface area contributed by atoms with Crippen LogP contribution in [-0.2, 0) is 9.59 Å². The predicted octanol–water partition coefficient (Wildman–Crippen LogP) is 3.45. The summed E-state index contributed by atoms with van der Waals surface area (Å²) in [4.78, 5) is 36.6. The maximum atomic E-state index is 12.8. The van der Waals surface area contributed by atoms with Gasteiger partial charge in [-0.15, -0.1) is 0 Å². The van der Waals surface area contributed by atoms with Crippen molar-refractivity contribution in [2.75, 3.05) is 18.4 Å². The van der Waals surface area contributed by atoms with Gasteiger partial charge in [0.1, 0.15) is 17.2 Å². The van der Waals surface area contributed by atoms with Crippen molar-refractivity contribution in [1.29, 1.82) is 0 Å². The molecule has 1 saturated heterocycles. The summed E-state index contributed by atoms with van der Waals surface area (Å²) in [5.74, 6) is -2.11. The summed E-state index contributed by atoms with van der Waals surface area (Å²) in [6.45, 7) is 4.87. The molecule has 1 aliphatic heterocycles. The molecule has 1 fully saturated rings. The average molecular weight is 412 g/mol. The summed E-state index contributed by atoms with van der Waals surface area (Å²) in [5, 5.41) is 21.2. The molecule has 0 unspecified atom stereocenters. The van der Waals surface area contributed by atoms with Gasteiger partial charge < -0.3 is 25.2 Å². The van der Waals surface area contributed by atoms with Crippen LogP contribution < -0.4 is 10.1 Å². The molecule has 0 radical (unpaired) electrons. The lowest BCUT2D eigenvalue weighted by Gasteiger charge is -2.27. The first-order chi connectivity index (χ1) is 14.3. The number of ether oxygens (including phenoxy) is 1. The maximum absolute atomic E-state index is 12.8. The second-order valence-electron chi connectivity index (χ2n) is 7.33. The lowest BCUT2D eigenvalue weighted by molar-refractivity contribution is -0.147. The minimum atomic E-state index is -1.57. The standard InChI is InChI=1S/C22H24N2O6/c1-13-10-15(23-20(26)22(28)29)11-14(2)19(13)30-16-6-7-18(25)17(12-16)21(27)24-8-4-3-5-9-24/h6-7,10-12,25H,3-5,8-9H2,1-2H3,(H,23,26)(H,28,29). The number of nitrogens with one attached hydrogen (secondary N) is 1. The van der Waals surface area contributed by atoms with Crippen LogP contribution in [0.2, 0.25) is 0 Å². The summed E-state index contributed by atoms with van der Waals surface area (Å²) >= 11 is 0. The molecule has 3 rings (SSSR count). The largest absolute Gasteiger partial charge is 0.507 e. The number of carboxylic acids is 1. The number of carbonyl (C=O) groups is 3. The summed E-state index contributed by atoms with van der Waals surface area (Å²) in [6.07, 6.45) is 3.00. The molecule has 0 saturated carbocycles. The van der Waals surface area contributed by atoms with E-state index in [0.29, 0.717) is 41.4 Å². The van der Waals surface area contributed by atoms with Gasteiger partial charge in [0, 0.05) is 18.8 Å². The topological polar surface area (TPSA) is 116 Å². The fraction of sp³-hybridized carbons (Fsp3) is 0.318. The second kappa shape index (κ2) is 8.86. The molecule has 2 aromatic rings. The molecular weight excluding hydrogens is 388 g/mol. The molecule has 8 nitrogen and oxygen atoms in total. The smallest absolute Gasteiger partial charge is 0.394 e. The molecule has 0 bridgehead atoms. The Morgan fingerprint density at radius 3 is 2.23 bits per heavy atom. The molecule has 8 heteroatoms. The molecule has 2 aromatic carbocycles. The fourth-order valence-electron chi connectivity index (χ4n) is 3.50. The number of hydrogen-bond acceptors (Lipinski definition) is 5. The van der Waals surface area contributed by atoms with Gasteiger partial charge in [-0.25, -0.2) is 4.79 Å². The van der Waals surface area contributed by atoms with Crippen LogP contribution >= 0.6 is 0 Å². The highest BCUT2D eigenvalue weighted by Gasteiger charge is 2.22. The number of benzene rings is 2. The zero-order chi connectivity index (χ0) is 21.8. The van der Waals surface area contributed by atoms with Crippen molar-refractivity contribution >= 4 is 23.5 Å². The van der Waals surface area contributed by atoms with Gasteiger partial charge in [-0.1, -0.05) is 0 Å². The quantitative estimate of drug-likeness (QED) is 0.663. The molecule has 0 spiro atoms. The Kier molecular flexibility index (Phi) is 6.25. The number of nitrogens with zero attached hydrogens (tertiary/aromatic N) is 1. The molecule has 2 amide bonds. The molecule has 158 valence electrons. The Labute approximate surface area is 174 Å². The summed E-state index contributed by atoms with van der Waals surface area (Å²) < 4.78 is 5.97. The fourth-order valence-corrected chi connectivity index (χ4v) is 3.50. The van der Waals surface area contributed by atoms with Crippen LogP contribution in [0.5, 0.6) is 17.2 Å². The van der Waals surface area contributed by atoms with Crippen LogP contribution in [0.3, 0.4) is 0 Å². The number of aromatic hydroxyl groups is 1. The minimum Gasteiger partial charge on any atom is -0.507 e. The first-order valence-corrected chi connectivity index (χ1v) is 9.72. The first-order valence-electron chi connectivity index (χ1n) is 9.72. The van der Waals surface area contributed by atoms with E-state index in [1.807, 2.05) is 0 Å². The summed E-state index contributed by atoms with van der Waals surface area (Å²) in [5.41, 5.74) is 1.88. The van der Waals surface area contributed by atoms with Crippen LogP contribution in [-0.4, -0.2) is 46.0 Å². The van der Waals surface area contributed by atoms with Gasteiger partial charge in [0.15, 0.2) is 0 Å². The van der Waals surface area contributed by atoms with Gasteiger partial charge in [-0.05, 0) is 74.6 Å². The highest BCUT2D eigenvalue weighted by Crippen LogP contribution is 2.34.